The van der Waals surface area contributed by atoms with Crippen LogP contribution in [0.5, 0.6) is 5.75 Å². The minimum absolute atomic E-state index is 0.0158. The predicted octanol–water partition coefficient (Wildman–Crippen LogP) is 2.35. The van der Waals surface area contributed by atoms with Gasteiger partial charge in [-0.1, -0.05) is 30.0 Å². The number of rotatable bonds is 5. The molecule has 0 spiro atoms. The maximum atomic E-state index is 12.3. The van der Waals surface area contributed by atoms with Crippen LogP contribution >= 0.6 is 11.8 Å². The first kappa shape index (κ1) is 14.6. The molecule has 2 heterocycles. The van der Waals surface area contributed by atoms with Crippen molar-refractivity contribution in [2.45, 2.75) is 36.5 Å². The molecular formula is C16H18N4O2S. The summed E-state index contributed by atoms with van der Waals surface area (Å²) < 4.78 is 7.70. The number of thioether (sulfide) groups is 1. The van der Waals surface area contributed by atoms with Gasteiger partial charge in [-0.2, -0.15) is 0 Å². The molecule has 1 saturated carbocycles. The molecule has 0 radical (unpaired) electrons. The summed E-state index contributed by atoms with van der Waals surface area (Å²) in [5.74, 6) is 1.23. The first-order chi connectivity index (χ1) is 11.3. The number of carbonyl (C=O) groups is 1. The van der Waals surface area contributed by atoms with Crippen LogP contribution in [0.15, 0.2) is 35.7 Å². The number of nitrogens with zero attached hydrogens (tertiary/aromatic N) is 3. The Morgan fingerprint density at radius 3 is 3.09 bits per heavy atom. The van der Waals surface area contributed by atoms with E-state index in [1.807, 2.05) is 24.3 Å². The van der Waals surface area contributed by atoms with Crippen molar-refractivity contribution in [3.63, 3.8) is 0 Å². The Morgan fingerprint density at radius 1 is 1.35 bits per heavy atom. The highest BCUT2D eigenvalue weighted by Gasteiger charge is 2.27. The molecule has 1 atom stereocenters. The molecule has 0 saturated heterocycles. The molecule has 1 aliphatic carbocycles. The highest BCUT2D eigenvalue weighted by atomic mass is 32.2. The number of aromatic nitrogens is 3. The quantitative estimate of drug-likeness (QED) is 0.852. The van der Waals surface area contributed by atoms with Gasteiger partial charge in [0.1, 0.15) is 12.1 Å². The van der Waals surface area contributed by atoms with Gasteiger partial charge in [-0.05, 0) is 18.9 Å². The number of hydrogen-bond acceptors (Lipinski definition) is 5. The SMILES string of the molecule is O=C(CSc1nncn1C1CC1)NC1CCOc2ccccc21. The summed E-state index contributed by atoms with van der Waals surface area (Å²) in [6.45, 7) is 0.630. The second kappa shape index (κ2) is 6.23. The van der Waals surface area contributed by atoms with Gasteiger partial charge in [0.15, 0.2) is 5.16 Å². The third kappa shape index (κ3) is 3.19. The minimum Gasteiger partial charge on any atom is -0.493 e. The van der Waals surface area contributed by atoms with E-state index in [0.29, 0.717) is 18.4 Å². The predicted molar refractivity (Wildman–Crippen MR) is 86.5 cm³/mol. The number of hydrogen-bond donors (Lipinski definition) is 1. The standard InChI is InChI=1S/C16H18N4O2S/c21-15(9-23-16-19-17-10-20(16)11-5-6-11)18-13-7-8-22-14-4-2-1-3-12(13)14/h1-4,10-11,13H,5-9H2,(H,18,21). The van der Waals surface area contributed by atoms with E-state index in [-0.39, 0.29) is 11.9 Å². The summed E-state index contributed by atoms with van der Waals surface area (Å²) in [6, 6.07) is 8.42. The molecule has 1 N–H and O–H groups in total. The van der Waals surface area contributed by atoms with Crippen LogP contribution in [0.25, 0.3) is 0 Å². The Balaban J connectivity index is 1.36. The number of carbonyl (C=O) groups excluding carboxylic acids is 1. The third-order valence-electron chi connectivity index (χ3n) is 4.11. The summed E-state index contributed by atoms with van der Waals surface area (Å²) in [5.41, 5.74) is 1.05. The second-order valence-electron chi connectivity index (χ2n) is 5.84. The number of ether oxygens (including phenoxy) is 1. The molecule has 1 aromatic carbocycles. The van der Waals surface area contributed by atoms with E-state index in [0.717, 1.165) is 22.9 Å². The first-order valence-electron chi connectivity index (χ1n) is 7.84. The number of para-hydroxylation sites is 1. The minimum atomic E-state index is 0.0158. The third-order valence-corrected chi connectivity index (χ3v) is 5.06. The molecular weight excluding hydrogens is 312 g/mol. The van der Waals surface area contributed by atoms with Crippen LogP contribution in [-0.4, -0.2) is 33.0 Å². The number of fused-ring (bicyclic) bond motifs is 1. The van der Waals surface area contributed by atoms with Gasteiger partial charge in [0.05, 0.1) is 18.4 Å². The molecule has 1 aliphatic heterocycles. The summed E-state index contributed by atoms with van der Waals surface area (Å²) in [5, 5.41) is 12.0. The number of amides is 1. The summed E-state index contributed by atoms with van der Waals surface area (Å²) in [4.78, 5) is 12.3. The maximum absolute atomic E-state index is 12.3. The molecule has 1 amide bonds. The van der Waals surface area contributed by atoms with Gasteiger partial charge in [0.2, 0.25) is 5.91 Å². The zero-order valence-corrected chi connectivity index (χ0v) is 13.5. The molecule has 120 valence electrons. The summed E-state index contributed by atoms with van der Waals surface area (Å²) in [7, 11) is 0. The van der Waals surface area contributed by atoms with E-state index in [1.54, 1.807) is 6.33 Å². The first-order valence-corrected chi connectivity index (χ1v) is 8.83. The van der Waals surface area contributed by atoms with Crippen molar-refractivity contribution in [1.82, 2.24) is 20.1 Å². The lowest BCUT2D eigenvalue weighted by Crippen LogP contribution is -2.33. The lowest BCUT2D eigenvalue weighted by molar-refractivity contribution is -0.119. The zero-order chi connectivity index (χ0) is 15.6. The molecule has 1 unspecified atom stereocenters. The van der Waals surface area contributed by atoms with Crippen molar-refractivity contribution in [1.29, 1.82) is 0 Å². The molecule has 4 rings (SSSR count). The largest absolute Gasteiger partial charge is 0.493 e. The van der Waals surface area contributed by atoms with Crippen LogP contribution < -0.4 is 10.1 Å². The molecule has 0 bridgehead atoms. The van der Waals surface area contributed by atoms with Crippen LogP contribution in [-0.2, 0) is 4.79 Å². The smallest absolute Gasteiger partial charge is 0.230 e. The molecule has 6 nitrogen and oxygen atoms in total. The van der Waals surface area contributed by atoms with Gasteiger partial charge >= 0.3 is 0 Å². The lowest BCUT2D eigenvalue weighted by atomic mass is 10.0. The molecule has 1 fully saturated rings. The van der Waals surface area contributed by atoms with Gasteiger partial charge in [-0.3, -0.25) is 4.79 Å². The van der Waals surface area contributed by atoms with Crippen molar-refractivity contribution >= 4 is 17.7 Å². The molecule has 1 aromatic heterocycles. The van der Waals surface area contributed by atoms with Crippen LogP contribution in [0.3, 0.4) is 0 Å². The van der Waals surface area contributed by atoms with E-state index in [2.05, 4.69) is 20.1 Å². The lowest BCUT2D eigenvalue weighted by Gasteiger charge is -2.26. The van der Waals surface area contributed by atoms with Crippen LogP contribution in [0, 0.1) is 0 Å². The normalized spacial score (nSPS) is 19.7. The Hall–Kier alpha value is -2.02. The average molecular weight is 330 g/mol. The van der Waals surface area contributed by atoms with Crippen molar-refractivity contribution in [3.8, 4) is 5.75 Å². The molecule has 23 heavy (non-hydrogen) atoms. The van der Waals surface area contributed by atoms with Crippen molar-refractivity contribution in [2.24, 2.45) is 0 Å². The molecule has 2 aliphatic rings. The van der Waals surface area contributed by atoms with E-state index in [9.17, 15) is 4.79 Å². The molecule has 2 aromatic rings. The van der Waals surface area contributed by atoms with Crippen LogP contribution in [0.2, 0.25) is 0 Å². The number of nitrogens with one attached hydrogen (secondary N) is 1. The van der Waals surface area contributed by atoms with Gasteiger partial charge < -0.3 is 14.6 Å². The average Bonchev–Trinajstić information content (AvgIpc) is 3.31. The van der Waals surface area contributed by atoms with E-state index in [4.69, 9.17) is 4.74 Å². The Bertz CT molecular complexity index is 714. The van der Waals surface area contributed by atoms with Gasteiger partial charge in [0.25, 0.3) is 0 Å². The fourth-order valence-electron chi connectivity index (χ4n) is 2.80. The number of benzene rings is 1. The highest BCUT2D eigenvalue weighted by Crippen LogP contribution is 2.37. The Kier molecular flexibility index (Phi) is 3.95. The fraction of sp³-hybridized carbons (Fsp3) is 0.438. The van der Waals surface area contributed by atoms with E-state index < -0.39 is 0 Å². The maximum Gasteiger partial charge on any atom is 0.230 e. The van der Waals surface area contributed by atoms with Crippen LogP contribution in [0.1, 0.15) is 36.9 Å². The summed E-state index contributed by atoms with van der Waals surface area (Å²) in [6.07, 6.45) is 4.91. The fourth-order valence-corrected chi connectivity index (χ4v) is 3.59. The monoisotopic (exact) mass is 330 g/mol. The topological polar surface area (TPSA) is 69.0 Å². The van der Waals surface area contributed by atoms with Crippen LogP contribution in [0.4, 0.5) is 0 Å². The highest BCUT2D eigenvalue weighted by molar-refractivity contribution is 7.99. The second-order valence-corrected chi connectivity index (χ2v) is 6.78. The van der Waals surface area contributed by atoms with E-state index >= 15 is 0 Å². The van der Waals surface area contributed by atoms with Gasteiger partial charge in [-0.25, -0.2) is 0 Å². The Morgan fingerprint density at radius 2 is 2.22 bits per heavy atom. The van der Waals surface area contributed by atoms with Gasteiger partial charge in [0, 0.05) is 18.0 Å². The van der Waals surface area contributed by atoms with Crippen molar-refractivity contribution in [3.05, 3.63) is 36.2 Å². The summed E-state index contributed by atoms with van der Waals surface area (Å²) >= 11 is 1.45. The van der Waals surface area contributed by atoms with Gasteiger partial charge in [-0.15, -0.1) is 10.2 Å². The van der Waals surface area contributed by atoms with Crippen molar-refractivity contribution in [2.75, 3.05) is 12.4 Å². The van der Waals surface area contributed by atoms with E-state index in [1.165, 1.54) is 24.6 Å². The van der Waals surface area contributed by atoms with Crippen molar-refractivity contribution < 1.29 is 9.53 Å². The Labute approximate surface area is 138 Å². The zero-order valence-electron chi connectivity index (χ0n) is 12.6. The molecule has 7 heteroatoms.